The van der Waals surface area contributed by atoms with Crippen LogP contribution in [0.2, 0.25) is 0 Å². The normalized spacial score (nSPS) is 11.0. The minimum absolute atomic E-state index is 0.0150. The third-order valence-electron chi connectivity index (χ3n) is 2.68. The molecule has 9 heteroatoms. The van der Waals surface area contributed by atoms with Crippen molar-refractivity contribution >= 4 is 17.9 Å². The van der Waals surface area contributed by atoms with Crippen LogP contribution in [0.4, 0.5) is 4.79 Å². The van der Waals surface area contributed by atoms with E-state index in [4.69, 9.17) is 5.11 Å². The molecule has 1 rings (SSSR count). The van der Waals surface area contributed by atoms with Crippen LogP contribution in [0.15, 0.2) is 0 Å². The topological polar surface area (TPSA) is 126 Å². The van der Waals surface area contributed by atoms with E-state index in [2.05, 4.69) is 20.9 Å². The smallest absolute Gasteiger partial charge is 0.358 e. The number of carboxylic acid groups (broad SMARTS) is 1. The van der Waals surface area contributed by atoms with Gasteiger partial charge in [0.1, 0.15) is 0 Å². The molecule has 0 spiro atoms. The number of rotatable bonds is 4. The summed E-state index contributed by atoms with van der Waals surface area (Å²) in [6.07, 6.45) is -0.0150. The standard InChI is InChI=1S/C12H19N5O4/c1-12(2,3)9-8(10(19)20)15-16-17(9)6-5-7(18)14-11(21)13-4/h5-6H2,1-4H3,(H,19,20)(H2,13,14,18,21). The zero-order valence-electron chi connectivity index (χ0n) is 12.4. The molecule has 21 heavy (non-hydrogen) atoms. The molecule has 0 aliphatic carbocycles. The van der Waals surface area contributed by atoms with E-state index < -0.39 is 23.3 Å². The average molecular weight is 297 g/mol. The minimum Gasteiger partial charge on any atom is -0.476 e. The number of hydrogen-bond acceptors (Lipinski definition) is 5. The van der Waals surface area contributed by atoms with Crippen molar-refractivity contribution < 1.29 is 19.5 Å². The molecule has 0 bridgehead atoms. The molecule has 3 N–H and O–H groups in total. The van der Waals surface area contributed by atoms with Crippen LogP contribution >= 0.6 is 0 Å². The molecule has 1 aromatic heterocycles. The summed E-state index contributed by atoms with van der Waals surface area (Å²) in [4.78, 5) is 33.7. The van der Waals surface area contributed by atoms with E-state index in [0.29, 0.717) is 5.69 Å². The first-order chi connectivity index (χ1) is 9.66. The molecular formula is C12H19N5O4. The lowest BCUT2D eigenvalue weighted by molar-refractivity contribution is -0.120. The number of aromatic nitrogens is 3. The molecule has 1 heterocycles. The molecule has 3 amide bonds. The number of aromatic carboxylic acids is 1. The van der Waals surface area contributed by atoms with Crippen molar-refractivity contribution in [3.8, 4) is 0 Å². The Balaban J connectivity index is 2.87. The first-order valence-electron chi connectivity index (χ1n) is 6.35. The van der Waals surface area contributed by atoms with E-state index in [1.165, 1.54) is 11.7 Å². The van der Waals surface area contributed by atoms with Crippen molar-refractivity contribution in [1.29, 1.82) is 0 Å². The van der Waals surface area contributed by atoms with E-state index in [1.807, 2.05) is 20.8 Å². The molecule has 116 valence electrons. The lowest BCUT2D eigenvalue weighted by Crippen LogP contribution is -2.37. The molecule has 0 aliphatic heterocycles. The number of nitrogens with zero attached hydrogens (tertiary/aromatic N) is 3. The Labute approximate surface area is 121 Å². The molecule has 0 radical (unpaired) electrons. The molecule has 0 aliphatic rings. The highest BCUT2D eigenvalue weighted by molar-refractivity contribution is 5.94. The zero-order chi connectivity index (χ0) is 16.2. The molecule has 0 atom stereocenters. The maximum absolute atomic E-state index is 11.5. The van der Waals surface area contributed by atoms with Gasteiger partial charge in [0.05, 0.1) is 12.2 Å². The van der Waals surface area contributed by atoms with Crippen LogP contribution in [0.25, 0.3) is 0 Å². The van der Waals surface area contributed by atoms with Gasteiger partial charge >= 0.3 is 12.0 Å². The van der Waals surface area contributed by atoms with Crippen molar-refractivity contribution in [2.75, 3.05) is 7.05 Å². The predicted molar refractivity (Wildman–Crippen MR) is 72.9 cm³/mol. The summed E-state index contributed by atoms with van der Waals surface area (Å²) < 4.78 is 1.38. The van der Waals surface area contributed by atoms with Gasteiger partial charge < -0.3 is 10.4 Å². The fourth-order valence-corrected chi connectivity index (χ4v) is 1.82. The van der Waals surface area contributed by atoms with Gasteiger partial charge in [-0.25, -0.2) is 14.3 Å². The predicted octanol–water partition coefficient (Wildman–Crippen LogP) is 0.120. The van der Waals surface area contributed by atoms with Gasteiger partial charge in [-0.2, -0.15) is 0 Å². The highest BCUT2D eigenvalue weighted by Gasteiger charge is 2.29. The number of amides is 3. The van der Waals surface area contributed by atoms with Gasteiger partial charge in [0, 0.05) is 18.9 Å². The molecule has 0 aromatic carbocycles. The number of urea groups is 1. The Hall–Kier alpha value is -2.45. The van der Waals surface area contributed by atoms with Crippen LogP contribution in [0.5, 0.6) is 0 Å². The minimum atomic E-state index is -1.17. The van der Waals surface area contributed by atoms with Gasteiger partial charge in [0.2, 0.25) is 5.91 Å². The fourth-order valence-electron chi connectivity index (χ4n) is 1.82. The third kappa shape index (κ3) is 4.26. The highest BCUT2D eigenvalue weighted by atomic mass is 16.4. The zero-order valence-corrected chi connectivity index (χ0v) is 12.4. The summed E-state index contributed by atoms with van der Waals surface area (Å²) >= 11 is 0. The van der Waals surface area contributed by atoms with Gasteiger partial charge in [-0.1, -0.05) is 26.0 Å². The lowest BCUT2D eigenvalue weighted by Gasteiger charge is -2.20. The average Bonchev–Trinajstić information content (AvgIpc) is 2.80. The highest BCUT2D eigenvalue weighted by Crippen LogP contribution is 2.24. The summed E-state index contributed by atoms with van der Waals surface area (Å²) in [5.41, 5.74) is -0.189. The fraction of sp³-hybridized carbons (Fsp3) is 0.583. The molecule has 0 fully saturated rings. The van der Waals surface area contributed by atoms with Crippen LogP contribution in [-0.4, -0.2) is 45.1 Å². The second-order valence-corrected chi connectivity index (χ2v) is 5.44. The SMILES string of the molecule is CNC(=O)NC(=O)CCn1nnc(C(=O)O)c1C(C)(C)C. The monoisotopic (exact) mass is 297 g/mol. The first-order valence-corrected chi connectivity index (χ1v) is 6.35. The second kappa shape index (κ2) is 6.33. The van der Waals surface area contributed by atoms with Crippen LogP contribution in [-0.2, 0) is 16.8 Å². The summed E-state index contributed by atoms with van der Waals surface area (Å²) in [5.74, 6) is -1.65. The van der Waals surface area contributed by atoms with Crippen LogP contribution in [0, 0.1) is 0 Å². The van der Waals surface area contributed by atoms with Gasteiger partial charge in [-0.15, -0.1) is 5.10 Å². The van der Waals surface area contributed by atoms with Crippen LogP contribution in [0.1, 0.15) is 43.4 Å². The number of hydrogen-bond donors (Lipinski definition) is 3. The molecule has 0 unspecified atom stereocenters. The van der Waals surface area contributed by atoms with E-state index in [1.54, 1.807) is 0 Å². The van der Waals surface area contributed by atoms with Crippen molar-refractivity contribution in [1.82, 2.24) is 25.6 Å². The number of carbonyl (C=O) groups excluding carboxylic acids is 2. The Kier molecular flexibility index (Phi) is 5.01. The summed E-state index contributed by atoms with van der Waals surface area (Å²) in [6.45, 7) is 5.63. The number of imide groups is 1. The van der Waals surface area contributed by atoms with Crippen molar-refractivity contribution in [2.45, 2.75) is 39.2 Å². The van der Waals surface area contributed by atoms with E-state index in [0.717, 1.165) is 0 Å². The number of nitrogens with one attached hydrogen (secondary N) is 2. The summed E-state index contributed by atoms with van der Waals surface area (Å²) in [6, 6.07) is -0.596. The van der Waals surface area contributed by atoms with Gasteiger partial charge in [0.25, 0.3) is 0 Å². The number of carboxylic acids is 1. The van der Waals surface area contributed by atoms with Crippen molar-refractivity contribution in [3.63, 3.8) is 0 Å². The van der Waals surface area contributed by atoms with Crippen LogP contribution in [0.3, 0.4) is 0 Å². The van der Waals surface area contributed by atoms with Gasteiger partial charge in [0.15, 0.2) is 5.69 Å². The van der Waals surface area contributed by atoms with Gasteiger partial charge in [-0.3, -0.25) is 10.1 Å². The Morgan fingerprint density at radius 2 is 1.90 bits per heavy atom. The largest absolute Gasteiger partial charge is 0.476 e. The quantitative estimate of drug-likeness (QED) is 0.724. The Morgan fingerprint density at radius 1 is 1.29 bits per heavy atom. The van der Waals surface area contributed by atoms with E-state index >= 15 is 0 Å². The number of carbonyl (C=O) groups is 3. The van der Waals surface area contributed by atoms with Gasteiger partial charge in [-0.05, 0) is 0 Å². The molecular weight excluding hydrogens is 278 g/mol. The van der Waals surface area contributed by atoms with Crippen molar-refractivity contribution in [3.05, 3.63) is 11.4 Å². The van der Waals surface area contributed by atoms with E-state index in [9.17, 15) is 14.4 Å². The summed E-state index contributed by atoms with van der Waals surface area (Å²) in [7, 11) is 1.40. The third-order valence-corrected chi connectivity index (χ3v) is 2.68. The molecule has 9 nitrogen and oxygen atoms in total. The first kappa shape index (κ1) is 16.6. The molecule has 1 aromatic rings. The second-order valence-electron chi connectivity index (χ2n) is 5.44. The number of aryl methyl sites for hydroxylation is 1. The van der Waals surface area contributed by atoms with E-state index in [-0.39, 0.29) is 18.7 Å². The summed E-state index contributed by atoms with van der Waals surface area (Å²) in [5, 5.41) is 20.9. The Morgan fingerprint density at radius 3 is 2.38 bits per heavy atom. The lowest BCUT2D eigenvalue weighted by atomic mass is 9.90. The maximum Gasteiger partial charge on any atom is 0.358 e. The molecule has 0 saturated carbocycles. The Bertz CT molecular complexity index is 558. The van der Waals surface area contributed by atoms with Crippen molar-refractivity contribution in [2.24, 2.45) is 0 Å². The maximum atomic E-state index is 11.5. The molecule has 0 saturated heterocycles. The van der Waals surface area contributed by atoms with Crippen LogP contribution < -0.4 is 10.6 Å².